The average molecular weight is 420 g/mol. The maximum atomic E-state index is 13.4. The molecule has 6 heteroatoms. The molecule has 5 nitrogen and oxygen atoms in total. The Bertz CT molecular complexity index is 1570. The SMILES string of the molecule is N#C/C(c1nc2ccccc2[nH]1)=c1\s/c(=C/c2ccccc2)c(=O)n1-c1ccccc1. The predicted molar refractivity (Wildman–Crippen MR) is 123 cm³/mol. The second kappa shape index (κ2) is 7.90. The minimum atomic E-state index is -0.168. The molecule has 5 rings (SSSR count). The average Bonchev–Trinajstić information content (AvgIpc) is 3.37. The van der Waals surface area contributed by atoms with Gasteiger partial charge in [0, 0.05) is 0 Å². The van der Waals surface area contributed by atoms with Crippen LogP contribution in [0.4, 0.5) is 0 Å². The van der Waals surface area contributed by atoms with Crippen LogP contribution >= 0.6 is 11.3 Å². The first-order valence-electron chi connectivity index (χ1n) is 9.68. The summed E-state index contributed by atoms with van der Waals surface area (Å²) in [5, 5.41) is 10.1. The summed E-state index contributed by atoms with van der Waals surface area (Å²) in [6.07, 6.45) is 1.85. The van der Waals surface area contributed by atoms with E-state index >= 15 is 0 Å². The Labute approximate surface area is 181 Å². The van der Waals surface area contributed by atoms with Crippen LogP contribution in [0.3, 0.4) is 0 Å². The zero-order chi connectivity index (χ0) is 21.2. The second-order valence-electron chi connectivity index (χ2n) is 6.89. The van der Waals surface area contributed by atoms with Crippen molar-refractivity contribution in [3.8, 4) is 11.8 Å². The lowest BCUT2D eigenvalue weighted by Crippen LogP contribution is -2.30. The highest BCUT2D eigenvalue weighted by Crippen LogP contribution is 2.15. The van der Waals surface area contributed by atoms with Gasteiger partial charge in [0.15, 0.2) is 5.82 Å². The van der Waals surface area contributed by atoms with Gasteiger partial charge in [-0.2, -0.15) is 5.26 Å². The van der Waals surface area contributed by atoms with Crippen molar-refractivity contribution < 1.29 is 0 Å². The third-order valence-corrected chi connectivity index (χ3v) is 5.98. The molecule has 0 amide bonds. The molecule has 3 aromatic carbocycles. The molecule has 1 N–H and O–H groups in total. The number of nitrogens with zero attached hydrogens (tertiary/aromatic N) is 3. The number of benzene rings is 3. The van der Waals surface area contributed by atoms with Crippen molar-refractivity contribution in [1.82, 2.24) is 14.5 Å². The van der Waals surface area contributed by atoms with E-state index in [2.05, 4.69) is 16.0 Å². The minimum absolute atomic E-state index is 0.168. The molecule has 0 radical (unpaired) electrons. The molecule has 0 atom stereocenters. The van der Waals surface area contributed by atoms with E-state index in [0.717, 1.165) is 16.6 Å². The lowest BCUT2D eigenvalue weighted by atomic mass is 10.2. The third-order valence-electron chi connectivity index (χ3n) is 4.89. The van der Waals surface area contributed by atoms with Crippen molar-refractivity contribution in [2.75, 3.05) is 0 Å². The zero-order valence-electron chi connectivity index (χ0n) is 16.3. The first-order chi connectivity index (χ1) is 15.2. The van der Waals surface area contributed by atoms with E-state index in [9.17, 15) is 10.1 Å². The predicted octanol–water partition coefficient (Wildman–Crippen LogP) is 3.33. The van der Waals surface area contributed by atoms with E-state index in [-0.39, 0.29) is 5.56 Å². The number of imidazole rings is 1. The van der Waals surface area contributed by atoms with Crippen LogP contribution in [-0.4, -0.2) is 14.5 Å². The Balaban J connectivity index is 1.87. The molecular weight excluding hydrogens is 404 g/mol. The lowest BCUT2D eigenvalue weighted by Gasteiger charge is -2.02. The van der Waals surface area contributed by atoms with Crippen molar-refractivity contribution in [3.63, 3.8) is 0 Å². The fourth-order valence-corrected chi connectivity index (χ4v) is 4.54. The molecular formula is C25H16N4OS. The molecule has 0 bridgehead atoms. The van der Waals surface area contributed by atoms with Crippen LogP contribution in [0.2, 0.25) is 0 Å². The minimum Gasteiger partial charge on any atom is -0.337 e. The van der Waals surface area contributed by atoms with Crippen LogP contribution in [-0.2, 0) is 0 Å². The molecule has 0 aliphatic rings. The molecule has 0 aliphatic heterocycles. The van der Waals surface area contributed by atoms with Gasteiger partial charge in [0.1, 0.15) is 16.3 Å². The number of hydrogen-bond acceptors (Lipinski definition) is 4. The molecule has 148 valence electrons. The van der Waals surface area contributed by atoms with Crippen LogP contribution in [0.15, 0.2) is 89.7 Å². The molecule has 0 saturated heterocycles. The van der Waals surface area contributed by atoms with Gasteiger partial charge in [-0.1, -0.05) is 60.7 Å². The fraction of sp³-hybridized carbons (Fsp3) is 0. The molecule has 0 fully saturated rings. The number of hydrogen-bond donors (Lipinski definition) is 1. The molecule has 0 aliphatic carbocycles. The number of rotatable bonds is 3. The topological polar surface area (TPSA) is 74.5 Å². The number of H-pyrrole nitrogens is 1. The van der Waals surface area contributed by atoms with E-state index in [4.69, 9.17) is 0 Å². The fourth-order valence-electron chi connectivity index (χ4n) is 3.44. The molecule has 31 heavy (non-hydrogen) atoms. The van der Waals surface area contributed by atoms with E-state index < -0.39 is 0 Å². The quantitative estimate of drug-likeness (QED) is 0.487. The number of nitrogens with one attached hydrogen (secondary N) is 1. The summed E-state index contributed by atoms with van der Waals surface area (Å²) in [5.74, 6) is 0.445. The molecule has 2 heterocycles. The van der Waals surface area contributed by atoms with E-state index in [0.29, 0.717) is 26.3 Å². The number of nitriles is 1. The maximum absolute atomic E-state index is 13.4. The van der Waals surface area contributed by atoms with Crippen LogP contribution < -0.4 is 14.8 Å². The summed E-state index contributed by atoms with van der Waals surface area (Å²) < 4.78 is 2.68. The Morgan fingerprint density at radius 2 is 1.65 bits per heavy atom. The van der Waals surface area contributed by atoms with Crippen LogP contribution in [0.5, 0.6) is 0 Å². The third kappa shape index (κ3) is 3.48. The van der Waals surface area contributed by atoms with E-state index in [1.807, 2.05) is 91.0 Å². The summed E-state index contributed by atoms with van der Waals surface area (Å²) in [7, 11) is 0. The highest BCUT2D eigenvalue weighted by Gasteiger charge is 2.15. The van der Waals surface area contributed by atoms with Gasteiger partial charge in [0.25, 0.3) is 5.56 Å². The Morgan fingerprint density at radius 3 is 2.35 bits per heavy atom. The van der Waals surface area contributed by atoms with Gasteiger partial charge < -0.3 is 4.98 Å². The van der Waals surface area contributed by atoms with Crippen LogP contribution in [0.25, 0.3) is 28.4 Å². The van der Waals surface area contributed by atoms with Gasteiger partial charge >= 0.3 is 0 Å². The van der Waals surface area contributed by atoms with E-state index in [1.165, 1.54) is 11.3 Å². The summed E-state index contributed by atoms with van der Waals surface area (Å²) in [5.41, 5.74) is 3.40. The van der Waals surface area contributed by atoms with Crippen LogP contribution in [0, 0.1) is 11.3 Å². The number of para-hydroxylation sites is 3. The first kappa shape index (κ1) is 18.8. The standard InChI is InChI=1S/C25H16N4OS/c26-16-19(23-27-20-13-7-8-14-21(20)28-23)25-29(18-11-5-2-6-12-18)24(30)22(31-25)15-17-9-3-1-4-10-17/h1-15H,(H,27,28)/b22-15+,25-19+. The van der Waals surface area contributed by atoms with Crippen molar-refractivity contribution in [3.05, 3.63) is 116 Å². The highest BCUT2D eigenvalue weighted by atomic mass is 32.1. The van der Waals surface area contributed by atoms with Gasteiger partial charge in [0.05, 0.1) is 21.3 Å². The number of thiazole rings is 1. The number of aromatic amines is 1. The largest absolute Gasteiger partial charge is 0.337 e. The second-order valence-corrected chi connectivity index (χ2v) is 7.92. The van der Waals surface area contributed by atoms with Crippen molar-refractivity contribution in [2.45, 2.75) is 0 Å². The molecule has 5 aromatic rings. The molecule has 0 saturated carbocycles. The normalized spacial score (nSPS) is 12.7. The summed E-state index contributed by atoms with van der Waals surface area (Å²) >= 11 is 1.29. The maximum Gasteiger partial charge on any atom is 0.273 e. The van der Waals surface area contributed by atoms with Gasteiger partial charge in [-0.3, -0.25) is 9.36 Å². The van der Waals surface area contributed by atoms with E-state index in [1.54, 1.807) is 4.57 Å². The van der Waals surface area contributed by atoms with Gasteiger partial charge in [-0.05, 0) is 35.9 Å². The zero-order valence-corrected chi connectivity index (χ0v) is 17.1. The number of fused-ring (bicyclic) bond motifs is 1. The van der Waals surface area contributed by atoms with Crippen molar-refractivity contribution >= 4 is 34.0 Å². The first-order valence-corrected chi connectivity index (χ1v) is 10.5. The Kier molecular flexibility index (Phi) is 4.79. The lowest BCUT2D eigenvalue weighted by molar-refractivity contribution is 0.984. The smallest absolute Gasteiger partial charge is 0.273 e. The van der Waals surface area contributed by atoms with Crippen molar-refractivity contribution in [2.24, 2.45) is 0 Å². The highest BCUT2D eigenvalue weighted by molar-refractivity contribution is 7.07. The van der Waals surface area contributed by atoms with Gasteiger partial charge in [0.2, 0.25) is 0 Å². The van der Waals surface area contributed by atoms with Crippen molar-refractivity contribution in [1.29, 1.82) is 5.26 Å². The Hall–Kier alpha value is -4.21. The van der Waals surface area contributed by atoms with Crippen LogP contribution in [0.1, 0.15) is 11.4 Å². The van der Waals surface area contributed by atoms with Gasteiger partial charge in [-0.15, -0.1) is 11.3 Å². The number of aromatic nitrogens is 3. The monoisotopic (exact) mass is 420 g/mol. The van der Waals surface area contributed by atoms with Gasteiger partial charge in [-0.25, -0.2) is 4.98 Å². The summed E-state index contributed by atoms with van der Waals surface area (Å²) in [6, 6.07) is 28.9. The molecule has 0 spiro atoms. The molecule has 2 aromatic heterocycles. The summed E-state index contributed by atoms with van der Waals surface area (Å²) in [6.45, 7) is 0. The molecule has 0 unspecified atom stereocenters. The Morgan fingerprint density at radius 1 is 0.968 bits per heavy atom. The summed E-state index contributed by atoms with van der Waals surface area (Å²) in [4.78, 5) is 21.2.